The first-order chi connectivity index (χ1) is 8.66. The highest BCUT2D eigenvalue weighted by molar-refractivity contribution is 8.00. The normalized spacial score (nSPS) is 17.7. The summed E-state index contributed by atoms with van der Waals surface area (Å²) in [7, 11) is 0. The Morgan fingerprint density at radius 3 is 2.94 bits per heavy atom. The van der Waals surface area contributed by atoms with Gasteiger partial charge in [-0.1, -0.05) is 36.2 Å². The number of amides is 1. The maximum absolute atomic E-state index is 12.0. The number of thioether (sulfide) groups is 1. The molecule has 0 bridgehead atoms. The summed E-state index contributed by atoms with van der Waals surface area (Å²) in [5.74, 6) is 0.0774. The maximum atomic E-state index is 12.0. The summed E-state index contributed by atoms with van der Waals surface area (Å²) in [4.78, 5) is 16.2. The minimum Gasteiger partial charge on any atom is -0.352 e. The second-order valence-corrected chi connectivity index (χ2v) is 6.28. The van der Waals surface area contributed by atoms with Crippen molar-refractivity contribution in [1.82, 2.24) is 10.3 Å². The zero-order valence-electron chi connectivity index (χ0n) is 10.4. The molecule has 0 saturated heterocycles. The van der Waals surface area contributed by atoms with Gasteiger partial charge >= 0.3 is 0 Å². The van der Waals surface area contributed by atoms with Gasteiger partial charge in [-0.25, -0.2) is 4.98 Å². The monoisotopic (exact) mass is 284 g/mol. The molecular weight excluding hydrogens is 268 g/mol. The molecule has 0 spiro atoms. The molecule has 0 radical (unpaired) electrons. The van der Waals surface area contributed by atoms with Crippen molar-refractivity contribution in [1.29, 1.82) is 0 Å². The van der Waals surface area contributed by atoms with Crippen molar-refractivity contribution in [3.05, 3.63) is 23.4 Å². The standard InChI is InChI=1S/C13H17ClN2OS/c1-9(12(17)16-10-5-2-3-6-10)18-13-11(14)7-4-8-15-13/h4,7-10H,2-3,5-6H2,1H3,(H,16,17). The first-order valence-corrected chi connectivity index (χ1v) is 7.50. The Hall–Kier alpha value is -0.740. The Balaban J connectivity index is 1.89. The number of carbonyl (C=O) groups excluding carboxylic acids is 1. The summed E-state index contributed by atoms with van der Waals surface area (Å²) in [6.45, 7) is 1.89. The number of rotatable bonds is 4. The molecule has 1 aromatic rings. The summed E-state index contributed by atoms with van der Waals surface area (Å²) in [6.07, 6.45) is 6.34. The Kier molecular flexibility index (Phi) is 4.89. The van der Waals surface area contributed by atoms with Crippen LogP contribution >= 0.6 is 23.4 Å². The molecule has 1 amide bonds. The number of halogens is 1. The zero-order chi connectivity index (χ0) is 13.0. The molecule has 1 aliphatic carbocycles. The van der Waals surface area contributed by atoms with Gasteiger partial charge in [0.1, 0.15) is 5.03 Å². The van der Waals surface area contributed by atoms with Crippen LogP contribution in [0.1, 0.15) is 32.6 Å². The third kappa shape index (κ3) is 3.62. The van der Waals surface area contributed by atoms with Crippen molar-refractivity contribution < 1.29 is 4.79 Å². The van der Waals surface area contributed by atoms with Crippen LogP contribution in [0.3, 0.4) is 0 Å². The summed E-state index contributed by atoms with van der Waals surface area (Å²) in [5.41, 5.74) is 0. The van der Waals surface area contributed by atoms with Crippen LogP contribution in [0.25, 0.3) is 0 Å². The second kappa shape index (κ2) is 6.43. The quantitative estimate of drug-likeness (QED) is 0.863. The average molecular weight is 285 g/mol. The SMILES string of the molecule is CC(Sc1ncccc1Cl)C(=O)NC1CCCC1. The molecule has 2 rings (SSSR count). The van der Waals surface area contributed by atoms with Crippen molar-refractivity contribution in [3.63, 3.8) is 0 Å². The molecule has 18 heavy (non-hydrogen) atoms. The fourth-order valence-corrected chi connectivity index (χ4v) is 3.14. The molecule has 1 atom stereocenters. The Bertz CT molecular complexity index is 421. The van der Waals surface area contributed by atoms with Gasteiger partial charge < -0.3 is 5.32 Å². The molecule has 0 aromatic carbocycles. The number of carbonyl (C=O) groups is 1. The third-order valence-electron chi connectivity index (χ3n) is 3.08. The Morgan fingerprint density at radius 1 is 1.56 bits per heavy atom. The molecule has 1 N–H and O–H groups in total. The lowest BCUT2D eigenvalue weighted by Gasteiger charge is -2.16. The van der Waals surface area contributed by atoms with Crippen LogP contribution < -0.4 is 5.32 Å². The first-order valence-electron chi connectivity index (χ1n) is 6.24. The lowest BCUT2D eigenvalue weighted by atomic mass is 10.2. The summed E-state index contributed by atoms with van der Waals surface area (Å²) < 4.78 is 0. The molecule has 1 aliphatic rings. The largest absolute Gasteiger partial charge is 0.352 e. The topological polar surface area (TPSA) is 42.0 Å². The van der Waals surface area contributed by atoms with Crippen molar-refractivity contribution in [2.45, 2.75) is 48.9 Å². The summed E-state index contributed by atoms with van der Waals surface area (Å²) in [6, 6.07) is 3.94. The first kappa shape index (κ1) is 13.7. The highest BCUT2D eigenvalue weighted by atomic mass is 35.5. The molecule has 0 aliphatic heterocycles. The molecule has 1 unspecified atom stereocenters. The van der Waals surface area contributed by atoms with Gasteiger partial charge in [-0.3, -0.25) is 4.79 Å². The van der Waals surface area contributed by atoms with Gasteiger partial charge in [0.25, 0.3) is 0 Å². The highest BCUT2D eigenvalue weighted by Gasteiger charge is 2.22. The van der Waals surface area contributed by atoms with Crippen LogP contribution in [0.15, 0.2) is 23.4 Å². The molecular formula is C13H17ClN2OS. The number of nitrogens with one attached hydrogen (secondary N) is 1. The molecule has 1 saturated carbocycles. The van der Waals surface area contributed by atoms with Crippen molar-refractivity contribution >= 4 is 29.3 Å². The second-order valence-electron chi connectivity index (χ2n) is 4.54. The van der Waals surface area contributed by atoms with Gasteiger partial charge in [0, 0.05) is 12.2 Å². The average Bonchev–Trinajstić information content (AvgIpc) is 2.84. The van der Waals surface area contributed by atoms with E-state index in [1.165, 1.54) is 24.6 Å². The van der Waals surface area contributed by atoms with Crippen LogP contribution in [-0.4, -0.2) is 22.2 Å². The Labute approximate surface area is 117 Å². The minimum atomic E-state index is -0.169. The van der Waals surface area contributed by atoms with E-state index in [2.05, 4.69) is 10.3 Å². The van der Waals surface area contributed by atoms with Crippen LogP contribution in [0.4, 0.5) is 0 Å². The summed E-state index contributed by atoms with van der Waals surface area (Å²) in [5, 5.41) is 4.24. The van der Waals surface area contributed by atoms with Gasteiger partial charge in [0.2, 0.25) is 5.91 Å². The number of aromatic nitrogens is 1. The van der Waals surface area contributed by atoms with Gasteiger partial charge in [-0.05, 0) is 31.9 Å². The van der Waals surface area contributed by atoms with E-state index in [1.807, 2.05) is 6.92 Å². The maximum Gasteiger partial charge on any atom is 0.233 e. The fourth-order valence-electron chi connectivity index (χ4n) is 2.07. The van der Waals surface area contributed by atoms with E-state index in [0.29, 0.717) is 16.1 Å². The number of hydrogen-bond acceptors (Lipinski definition) is 3. The number of nitrogens with zero attached hydrogens (tertiary/aromatic N) is 1. The van der Waals surface area contributed by atoms with Crippen LogP contribution in [0.5, 0.6) is 0 Å². The minimum absolute atomic E-state index is 0.0774. The van der Waals surface area contributed by atoms with Crippen molar-refractivity contribution in [2.75, 3.05) is 0 Å². The summed E-state index contributed by atoms with van der Waals surface area (Å²) >= 11 is 7.43. The smallest absolute Gasteiger partial charge is 0.233 e. The van der Waals surface area contributed by atoms with E-state index < -0.39 is 0 Å². The lowest BCUT2D eigenvalue weighted by molar-refractivity contribution is -0.120. The van der Waals surface area contributed by atoms with E-state index >= 15 is 0 Å². The van der Waals surface area contributed by atoms with E-state index in [9.17, 15) is 4.79 Å². The molecule has 3 nitrogen and oxygen atoms in total. The highest BCUT2D eigenvalue weighted by Crippen LogP contribution is 2.28. The van der Waals surface area contributed by atoms with Gasteiger partial charge in [-0.2, -0.15) is 0 Å². The van der Waals surface area contributed by atoms with Crippen molar-refractivity contribution in [3.8, 4) is 0 Å². The van der Waals surface area contributed by atoms with E-state index in [-0.39, 0.29) is 11.2 Å². The van der Waals surface area contributed by atoms with E-state index in [4.69, 9.17) is 11.6 Å². The van der Waals surface area contributed by atoms with Crippen molar-refractivity contribution in [2.24, 2.45) is 0 Å². The predicted molar refractivity (Wildman–Crippen MR) is 75.0 cm³/mol. The van der Waals surface area contributed by atoms with Gasteiger partial charge in [0.05, 0.1) is 10.3 Å². The fraction of sp³-hybridized carbons (Fsp3) is 0.538. The number of pyridine rings is 1. The molecule has 1 heterocycles. The van der Waals surface area contributed by atoms with Gasteiger partial charge in [-0.15, -0.1) is 0 Å². The molecule has 1 fully saturated rings. The third-order valence-corrected chi connectivity index (χ3v) is 4.62. The van der Waals surface area contributed by atoms with Crippen LogP contribution in [-0.2, 0) is 4.79 Å². The van der Waals surface area contributed by atoms with Crippen LogP contribution in [0.2, 0.25) is 5.02 Å². The van der Waals surface area contributed by atoms with Gasteiger partial charge in [0.15, 0.2) is 0 Å². The Morgan fingerprint density at radius 2 is 2.28 bits per heavy atom. The number of hydrogen-bond donors (Lipinski definition) is 1. The van der Waals surface area contributed by atoms with E-state index in [1.54, 1.807) is 18.3 Å². The lowest BCUT2D eigenvalue weighted by Crippen LogP contribution is -2.37. The van der Waals surface area contributed by atoms with Crippen LogP contribution in [0, 0.1) is 0 Å². The predicted octanol–water partition coefficient (Wildman–Crippen LogP) is 3.27. The molecule has 5 heteroatoms. The van der Waals surface area contributed by atoms with E-state index in [0.717, 1.165) is 12.8 Å². The zero-order valence-corrected chi connectivity index (χ0v) is 11.9. The molecule has 1 aromatic heterocycles. The molecule has 98 valence electrons.